The second-order valence-electron chi connectivity index (χ2n) is 6.43. The van der Waals surface area contributed by atoms with Gasteiger partial charge in [0.2, 0.25) is 5.91 Å². The van der Waals surface area contributed by atoms with Crippen LogP contribution in [0.4, 0.5) is 0 Å². The van der Waals surface area contributed by atoms with Gasteiger partial charge in [-0.1, -0.05) is 47.3 Å². The van der Waals surface area contributed by atoms with E-state index in [1.807, 2.05) is 6.07 Å². The first-order chi connectivity index (χ1) is 11.1. The second-order valence-corrected chi connectivity index (χ2v) is 7.34. The number of nitrogens with one attached hydrogen (secondary N) is 1. The maximum absolute atomic E-state index is 12.2. The zero-order chi connectivity index (χ0) is 16.7. The number of amides is 1. The van der Waals surface area contributed by atoms with E-state index in [1.165, 1.54) is 24.8 Å². The number of carbonyl (C=O) groups is 1. The Hall–Kier alpha value is -0.910. The number of benzene rings is 1. The van der Waals surface area contributed by atoms with Crippen LogP contribution in [0, 0.1) is 0 Å². The van der Waals surface area contributed by atoms with E-state index in [4.69, 9.17) is 10.5 Å². The van der Waals surface area contributed by atoms with Crippen molar-refractivity contribution in [2.24, 2.45) is 5.73 Å². The van der Waals surface area contributed by atoms with E-state index >= 15 is 0 Å². The average Bonchev–Trinajstić information content (AvgIpc) is 2.58. The van der Waals surface area contributed by atoms with E-state index in [2.05, 4.69) is 39.4 Å². The molecule has 1 amide bonds. The van der Waals surface area contributed by atoms with Crippen molar-refractivity contribution in [2.75, 3.05) is 20.2 Å². The van der Waals surface area contributed by atoms with Gasteiger partial charge in [0.05, 0.1) is 12.5 Å². The minimum Gasteiger partial charge on any atom is -0.380 e. The molecule has 1 aromatic carbocycles. The van der Waals surface area contributed by atoms with Crippen LogP contribution in [0.25, 0.3) is 0 Å². The Morgan fingerprint density at radius 3 is 2.74 bits per heavy atom. The van der Waals surface area contributed by atoms with Gasteiger partial charge in [0, 0.05) is 30.1 Å². The first-order valence-electron chi connectivity index (χ1n) is 8.35. The Labute approximate surface area is 147 Å². The molecule has 5 heteroatoms. The summed E-state index contributed by atoms with van der Waals surface area (Å²) in [5, 5.41) is 3.12. The minimum absolute atomic E-state index is 0.0160. The summed E-state index contributed by atoms with van der Waals surface area (Å²) in [6, 6.07) is 8.49. The van der Waals surface area contributed by atoms with Gasteiger partial charge in [-0.05, 0) is 30.5 Å². The smallest absolute Gasteiger partial charge is 0.222 e. The van der Waals surface area contributed by atoms with E-state index in [9.17, 15) is 4.79 Å². The fourth-order valence-electron chi connectivity index (χ4n) is 3.42. The van der Waals surface area contributed by atoms with Crippen LogP contribution >= 0.6 is 15.9 Å². The fourth-order valence-corrected chi connectivity index (χ4v) is 3.82. The topological polar surface area (TPSA) is 64.3 Å². The largest absolute Gasteiger partial charge is 0.380 e. The number of hydrogen-bond acceptors (Lipinski definition) is 3. The summed E-state index contributed by atoms with van der Waals surface area (Å²) in [5.41, 5.74) is 6.95. The lowest BCUT2D eigenvalue weighted by Crippen LogP contribution is -2.43. The quantitative estimate of drug-likeness (QED) is 0.761. The van der Waals surface area contributed by atoms with Gasteiger partial charge < -0.3 is 15.8 Å². The van der Waals surface area contributed by atoms with Gasteiger partial charge in [0.1, 0.15) is 0 Å². The zero-order valence-corrected chi connectivity index (χ0v) is 15.4. The number of ether oxygens (including phenoxy) is 1. The van der Waals surface area contributed by atoms with Crippen LogP contribution in [0.2, 0.25) is 0 Å². The zero-order valence-electron chi connectivity index (χ0n) is 13.8. The molecule has 1 fully saturated rings. The number of nitrogens with two attached hydrogens (primary N) is 1. The second kappa shape index (κ2) is 8.81. The van der Waals surface area contributed by atoms with Gasteiger partial charge in [-0.15, -0.1) is 0 Å². The Morgan fingerprint density at radius 1 is 1.39 bits per heavy atom. The van der Waals surface area contributed by atoms with Crippen molar-refractivity contribution < 1.29 is 9.53 Å². The highest BCUT2D eigenvalue weighted by atomic mass is 79.9. The molecule has 1 aliphatic rings. The summed E-state index contributed by atoms with van der Waals surface area (Å²) >= 11 is 3.57. The van der Waals surface area contributed by atoms with Crippen molar-refractivity contribution in [1.82, 2.24) is 5.32 Å². The van der Waals surface area contributed by atoms with E-state index < -0.39 is 0 Å². The highest BCUT2D eigenvalue weighted by Gasteiger charge is 2.34. The molecule has 0 aliphatic heterocycles. The van der Waals surface area contributed by atoms with Crippen LogP contribution in [0.1, 0.15) is 44.1 Å². The van der Waals surface area contributed by atoms with Crippen LogP contribution in [-0.2, 0) is 14.9 Å². The summed E-state index contributed by atoms with van der Waals surface area (Å²) in [5.74, 6) is 0.0160. The molecule has 4 nitrogen and oxygen atoms in total. The Balaban J connectivity index is 2.06. The van der Waals surface area contributed by atoms with Gasteiger partial charge in [0.15, 0.2) is 0 Å². The number of halogens is 1. The molecule has 1 atom stereocenters. The van der Waals surface area contributed by atoms with Gasteiger partial charge in [-0.25, -0.2) is 0 Å². The lowest BCUT2D eigenvalue weighted by molar-refractivity contribution is -0.123. The van der Waals surface area contributed by atoms with Crippen molar-refractivity contribution in [3.63, 3.8) is 0 Å². The van der Waals surface area contributed by atoms with Gasteiger partial charge in [0.25, 0.3) is 0 Å². The lowest BCUT2D eigenvalue weighted by atomic mass is 9.69. The number of hydrogen-bond donors (Lipinski definition) is 2. The molecule has 1 unspecified atom stereocenters. The van der Waals surface area contributed by atoms with Crippen molar-refractivity contribution in [3.8, 4) is 0 Å². The SMILES string of the molecule is COC(CN)CC(=O)NCC1(c2cccc(Br)c2)CCCCC1. The molecule has 0 saturated heterocycles. The molecule has 128 valence electrons. The summed E-state index contributed by atoms with van der Waals surface area (Å²) in [6.07, 6.45) is 6.06. The molecule has 1 aliphatic carbocycles. The Bertz CT molecular complexity index is 511. The molecule has 0 heterocycles. The third-order valence-electron chi connectivity index (χ3n) is 4.88. The Morgan fingerprint density at radius 2 is 2.13 bits per heavy atom. The van der Waals surface area contributed by atoms with E-state index in [0.717, 1.165) is 17.3 Å². The molecule has 3 N–H and O–H groups in total. The molecule has 23 heavy (non-hydrogen) atoms. The molecule has 1 saturated carbocycles. The summed E-state index contributed by atoms with van der Waals surface area (Å²) in [4.78, 5) is 12.2. The van der Waals surface area contributed by atoms with Crippen LogP contribution in [-0.4, -0.2) is 32.2 Å². The van der Waals surface area contributed by atoms with Crippen LogP contribution in [0.15, 0.2) is 28.7 Å². The van der Waals surface area contributed by atoms with Crippen molar-refractivity contribution in [3.05, 3.63) is 34.3 Å². The summed E-state index contributed by atoms with van der Waals surface area (Å²) in [7, 11) is 1.59. The number of methoxy groups -OCH3 is 1. The molecular formula is C18H27BrN2O2. The van der Waals surface area contributed by atoms with Gasteiger partial charge >= 0.3 is 0 Å². The lowest BCUT2D eigenvalue weighted by Gasteiger charge is -2.38. The van der Waals surface area contributed by atoms with E-state index in [0.29, 0.717) is 19.5 Å². The molecule has 0 aromatic heterocycles. The fraction of sp³-hybridized carbons (Fsp3) is 0.611. The van der Waals surface area contributed by atoms with Gasteiger partial charge in [-0.2, -0.15) is 0 Å². The predicted molar refractivity (Wildman–Crippen MR) is 96.4 cm³/mol. The van der Waals surface area contributed by atoms with Crippen LogP contribution in [0.3, 0.4) is 0 Å². The molecule has 0 spiro atoms. The maximum Gasteiger partial charge on any atom is 0.222 e. The predicted octanol–water partition coefficient (Wildman–Crippen LogP) is 3.13. The first kappa shape index (κ1) is 18.4. The molecule has 0 radical (unpaired) electrons. The third kappa shape index (κ3) is 5.03. The highest BCUT2D eigenvalue weighted by Crippen LogP contribution is 2.39. The molecule has 2 rings (SSSR count). The first-order valence-corrected chi connectivity index (χ1v) is 9.14. The maximum atomic E-state index is 12.2. The molecule has 0 bridgehead atoms. The van der Waals surface area contributed by atoms with Crippen molar-refractivity contribution >= 4 is 21.8 Å². The van der Waals surface area contributed by atoms with Crippen molar-refractivity contribution in [2.45, 2.75) is 50.0 Å². The van der Waals surface area contributed by atoms with Gasteiger partial charge in [-0.3, -0.25) is 4.79 Å². The summed E-state index contributed by atoms with van der Waals surface area (Å²) < 4.78 is 6.29. The third-order valence-corrected chi connectivity index (χ3v) is 5.37. The van der Waals surface area contributed by atoms with Crippen molar-refractivity contribution in [1.29, 1.82) is 0 Å². The monoisotopic (exact) mass is 382 g/mol. The molecule has 1 aromatic rings. The molecular weight excluding hydrogens is 356 g/mol. The number of carbonyl (C=O) groups excluding carboxylic acids is 1. The normalized spacial score (nSPS) is 18.4. The minimum atomic E-state index is -0.205. The average molecular weight is 383 g/mol. The summed E-state index contributed by atoms with van der Waals surface area (Å²) in [6.45, 7) is 1.05. The Kier molecular flexibility index (Phi) is 7.06. The standard InChI is InChI=1S/C18H27BrN2O2/c1-23-16(12-20)11-17(22)21-13-18(8-3-2-4-9-18)14-6-5-7-15(19)10-14/h5-7,10,16H,2-4,8-9,11-13,20H2,1H3,(H,21,22). The highest BCUT2D eigenvalue weighted by molar-refractivity contribution is 9.10. The van der Waals surface area contributed by atoms with Crippen LogP contribution in [0.5, 0.6) is 0 Å². The van der Waals surface area contributed by atoms with Crippen LogP contribution < -0.4 is 11.1 Å². The van der Waals surface area contributed by atoms with E-state index in [1.54, 1.807) is 7.11 Å². The number of rotatable bonds is 7. The van der Waals surface area contributed by atoms with E-state index in [-0.39, 0.29) is 17.4 Å².